The maximum Gasteiger partial charge on any atom is 0.255 e. The number of rotatable bonds is 10. The highest BCUT2D eigenvalue weighted by atomic mass is 19.1. The molecule has 0 aromatic heterocycles. The molecule has 0 unspecified atom stereocenters. The fourth-order valence-corrected chi connectivity index (χ4v) is 4.40. The van der Waals surface area contributed by atoms with Crippen LogP contribution < -0.4 is 10.2 Å². The van der Waals surface area contributed by atoms with Crippen LogP contribution in [0.1, 0.15) is 54.6 Å². The Hall–Kier alpha value is -3.67. The lowest BCUT2D eigenvalue weighted by Gasteiger charge is -2.30. The van der Waals surface area contributed by atoms with Crippen molar-refractivity contribution in [3.8, 4) is 0 Å². The molecule has 0 aliphatic heterocycles. The molecule has 0 saturated carbocycles. The second-order valence-corrected chi connectivity index (χ2v) is 9.69. The molecular formula is C30H36FN3O2. The molecule has 0 heterocycles. The average molecular weight is 490 g/mol. The van der Waals surface area contributed by atoms with Crippen LogP contribution in [0.25, 0.3) is 0 Å². The molecule has 6 heteroatoms. The first-order valence-electron chi connectivity index (χ1n) is 12.4. The molecule has 3 aromatic carbocycles. The first-order valence-corrected chi connectivity index (χ1v) is 12.4. The maximum atomic E-state index is 13.8. The van der Waals surface area contributed by atoms with Gasteiger partial charge in [0.1, 0.15) is 5.82 Å². The van der Waals surface area contributed by atoms with Crippen molar-refractivity contribution >= 4 is 23.2 Å². The Labute approximate surface area is 213 Å². The molecule has 36 heavy (non-hydrogen) atoms. The van der Waals surface area contributed by atoms with Crippen molar-refractivity contribution in [3.63, 3.8) is 0 Å². The lowest BCUT2D eigenvalue weighted by molar-refractivity contribution is -0.134. The maximum absolute atomic E-state index is 13.8. The van der Waals surface area contributed by atoms with Crippen LogP contribution in [0.5, 0.6) is 0 Å². The molecule has 1 N–H and O–H groups in total. The van der Waals surface area contributed by atoms with Gasteiger partial charge in [0.2, 0.25) is 5.91 Å². The summed E-state index contributed by atoms with van der Waals surface area (Å²) in [6.07, 6.45) is 0.710. The van der Waals surface area contributed by atoms with E-state index in [0.29, 0.717) is 31.1 Å². The van der Waals surface area contributed by atoms with Crippen molar-refractivity contribution < 1.29 is 14.0 Å². The van der Waals surface area contributed by atoms with Gasteiger partial charge in [-0.15, -0.1) is 0 Å². The number of carbonyl (C=O) groups is 2. The first kappa shape index (κ1) is 26.9. The van der Waals surface area contributed by atoms with Crippen LogP contribution in [0.2, 0.25) is 0 Å². The number of amides is 2. The minimum Gasteiger partial charge on any atom is -0.377 e. The Morgan fingerprint density at radius 1 is 0.944 bits per heavy atom. The van der Waals surface area contributed by atoms with E-state index in [1.54, 1.807) is 6.07 Å². The van der Waals surface area contributed by atoms with E-state index >= 15 is 0 Å². The number of carbonyl (C=O) groups excluding carboxylic acids is 2. The zero-order valence-corrected chi connectivity index (χ0v) is 21.8. The summed E-state index contributed by atoms with van der Waals surface area (Å²) in [6, 6.07) is 21.2. The second kappa shape index (κ2) is 12.3. The summed E-state index contributed by atoms with van der Waals surface area (Å²) < 4.78 is 13.6. The standard InChI is InChI=1S/C30H36FN3O2/c1-6-27(22-11-8-7-9-12-22)30(36)34(19-21(2)3)20-24-18-26(15-16-28(24)33(4)5)32-29(35)23-13-10-14-25(31)17-23/h7-18,21,27H,6,19-20H2,1-5H3,(H,32,35)/t27-/m0/s1. The van der Waals surface area contributed by atoms with E-state index in [4.69, 9.17) is 0 Å². The third-order valence-electron chi connectivity index (χ3n) is 6.07. The highest BCUT2D eigenvalue weighted by Crippen LogP contribution is 2.28. The van der Waals surface area contributed by atoms with Gasteiger partial charge in [-0.2, -0.15) is 0 Å². The molecule has 0 fully saturated rings. The lowest BCUT2D eigenvalue weighted by Crippen LogP contribution is -2.37. The Morgan fingerprint density at radius 3 is 2.28 bits per heavy atom. The molecular weight excluding hydrogens is 453 g/mol. The molecule has 0 aliphatic rings. The average Bonchev–Trinajstić information content (AvgIpc) is 2.84. The quantitative estimate of drug-likeness (QED) is 0.362. The molecule has 0 aliphatic carbocycles. The summed E-state index contributed by atoms with van der Waals surface area (Å²) >= 11 is 0. The number of hydrogen-bond donors (Lipinski definition) is 1. The Bertz CT molecular complexity index is 1180. The van der Waals surface area contributed by atoms with Crippen molar-refractivity contribution in [2.45, 2.75) is 39.7 Å². The van der Waals surface area contributed by atoms with E-state index in [2.05, 4.69) is 19.2 Å². The summed E-state index contributed by atoms with van der Waals surface area (Å²) in [5.74, 6) is -0.679. The molecule has 2 amide bonds. The SMILES string of the molecule is CC[C@H](C(=O)N(Cc1cc(NC(=O)c2cccc(F)c2)ccc1N(C)C)CC(C)C)c1ccccc1. The van der Waals surface area contributed by atoms with Crippen molar-refractivity contribution in [3.05, 3.63) is 95.3 Å². The molecule has 0 radical (unpaired) electrons. The minimum absolute atomic E-state index is 0.0938. The van der Waals surface area contributed by atoms with E-state index in [1.165, 1.54) is 18.2 Å². The van der Waals surface area contributed by atoms with Gasteiger partial charge < -0.3 is 15.1 Å². The third-order valence-corrected chi connectivity index (χ3v) is 6.07. The predicted octanol–water partition coefficient (Wildman–Crippen LogP) is 6.32. The van der Waals surface area contributed by atoms with Gasteiger partial charge in [-0.1, -0.05) is 57.2 Å². The highest BCUT2D eigenvalue weighted by molar-refractivity contribution is 6.04. The fourth-order valence-electron chi connectivity index (χ4n) is 4.40. The molecule has 190 valence electrons. The van der Waals surface area contributed by atoms with E-state index in [-0.39, 0.29) is 23.3 Å². The van der Waals surface area contributed by atoms with Gasteiger partial charge >= 0.3 is 0 Å². The summed E-state index contributed by atoms with van der Waals surface area (Å²) in [5.41, 5.74) is 3.75. The van der Waals surface area contributed by atoms with Crippen molar-refractivity contribution in [1.29, 1.82) is 0 Å². The number of benzene rings is 3. The molecule has 3 aromatic rings. The highest BCUT2D eigenvalue weighted by Gasteiger charge is 2.26. The Balaban J connectivity index is 1.91. The van der Waals surface area contributed by atoms with Crippen LogP contribution in [-0.4, -0.2) is 37.4 Å². The van der Waals surface area contributed by atoms with E-state index in [0.717, 1.165) is 16.8 Å². The third kappa shape index (κ3) is 6.94. The molecule has 1 atom stereocenters. The predicted molar refractivity (Wildman–Crippen MR) is 145 cm³/mol. The largest absolute Gasteiger partial charge is 0.377 e. The first-order chi connectivity index (χ1) is 17.2. The summed E-state index contributed by atoms with van der Waals surface area (Å²) in [4.78, 5) is 30.4. The number of hydrogen-bond acceptors (Lipinski definition) is 3. The van der Waals surface area contributed by atoms with Crippen molar-refractivity contribution in [2.75, 3.05) is 30.9 Å². The fraction of sp³-hybridized carbons (Fsp3) is 0.333. The number of halogens is 1. The smallest absolute Gasteiger partial charge is 0.255 e. The molecule has 0 spiro atoms. The number of nitrogens with zero attached hydrogens (tertiary/aromatic N) is 2. The zero-order valence-electron chi connectivity index (χ0n) is 21.8. The monoisotopic (exact) mass is 489 g/mol. The zero-order chi connectivity index (χ0) is 26.2. The molecule has 3 rings (SSSR count). The molecule has 0 saturated heterocycles. The Morgan fingerprint density at radius 2 is 1.67 bits per heavy atom. The van der Waals surface area contributed by atoms with Crippen LogP contribution in [0.4, 0.5) is 15.8 Å². The van der Waals surface area contributed by atoms with Gasteiger partial charge in [-0.05, 0) is 59.9 Å². The second-order valence-electron chi connectivity index (χ2n) is 9.69. The van der Waals surface area contributed by atoms with Crippen LogP contribution in [0.15, 0.2) is 72.8 Å². The van der Waals surface area contributed by atoms with Gasteiger partial charge in [0.05, 0.1) is 5.92 Å². The van der Waals surface area contributed by atoms with Crippen molar-refractivity contribution in [1.82, 2.24) is 4.90 Å². The van der Waals surface area contributed by atoms with E-state index < -0.39 is 5.82 Å². The van der Waals surface area contributed by atoms with Gasteiger partial charge in [-0.3, -0.25) is 9.59 Å². The number of nitrogens with one attached hydrogen (secondary N) is 1. The van der Waals surface area contributed by atoms with E-state index in [9.17, 15) is 14.0 Å². The summed E-state index contributed by atoms with van der Waals surface area (Å²) in [5, 5.41) is 2.87. The van der Waals surface area contributed by atoms with Crippen LogP contribution in [-0.2, 0) is 11.3 Å². The van der Waals surface area contributed by atoms with Crippen LogP contribution in [0.3, 0.4) is 0 Å². The van der Waals surface area contributed by atoms with Gasteiger partial charge in [-0.25, -0.2) is 4.39 Å². The van der Waals surface area contributed by atoms with Crippen molar-refractivity contribution in [2.24, 2.45) is 5.92 Å². The topological polar surface area (TPSA) is 52.7 Å². The van der Waals surface area contributed by atoms with Crippen LogP contribution in [0, 0.1) is 11.7 Å². The molecule has 5 nitrogen and oxygen atoms in total. The summed E-state index contributed by atoms with van der Waals surface area (Å²) in [7, 11) is 3.91. The normalized spacial score (nSPS) is 11.8. The van der Waals surface area contributed by atoms with Gasteiger partial charge in [0.25, 0.3) is 5.91 Å². The lowest BCUT2D eigenvalue weighted by atomic mass is 9.94. The summed E-state index contributed by atoms with van der Waals surface area (Å²) in [6.45, 7) is 7.28. The number of anilines is 2. The van der Waals surface area contributed by atoms with Crippen LogP contribution >= 0.6 is 0 Å². The van der Waals surface area contributed by atoms with Gasteiger partial charge in [0, 0.05) is 44.1 Å². The molecule has 0 bridgehead atoms. The van der Waals surface area contributed by atoms with E-state index in [1.807, 2.05) is 79.3 Å². The Kier molecular flexibility index (Phi) is 9.23. The minimum atomic E-state index is -0.460. The van der Waals surface area contributed by atoms with Gasteiger partial charge in [0.15, 0.2) is 0 Å².